The van der Waals surface area contributed by atoms with Gasteiger partial charge in [-0.1, -0.05) is 38.1 Å². The lowest BCUT2D eigenvalue weighted by Gasteiger charge is -2.04. The van der Waals surface area contributed by atoms with Crippen molar-refractivity contribution in [1.29, 1.82) is 0 Å². The van der Waals surface area contributed by atoms with Gasteiger partial charge in [-0.15, -0.1) is 0 Å². The first kappa shape index (κ1) is 14.5. The lowest BCUT2D eigenvalue weighted by atomic mass is 10.0. The Kier molecular flexibility index (Phi) is 4.68. The largest absolute Gasteiger partial charge is 0.280 e. The third-order valence-electron chi connectivity index (χ3n) is 2.80. The predicted octanol–water partition coefficient (Wildman–Crippen LogP) is 3.10. The van der Waals surface area contributed by atoms with E-state index in [0.717, 1.165) is 5.56 Å². The summed E-state index contributed by atoms with van der Waals surface area (Å²) in [4.78, 5) is 11.3. The molecule has 2 aromatic rings. The van der Waals surface area contributed by atoms with Crippen LogP contribution < -0.4 is 11.0 Å². The minimum atomic E-state index is -0.300. The van der Waals surface area contributed by atoms with E-state index in [0.29, 0.717) is 16.1 Å². The highest BCUT2D eigenvalue weighted by atomic mass is 79.9. The van der Waals surface area contributed by atoms with Crippen LogP contribution in [0.25, 0.3) is 0 Å². The minimum Gasteiger partial charge on any atom is -0.275 e. The minimum absolute atomic E-state index is 0.300. The number of nitrogens with one attached hydrogen (secondary N) is 2. The first-order valence-corrected chi connectivity index (χ1v) is 6.99. The Morgan fingerprint density at radius 2 is 2.05 bits per heavy atom. The van der Waals surface area contributed by atoms with Crippen LogP contribution in [-0.2, 0) is 0 Å². The van der Waals surface area contributed by atoms with Gasteiger partial charge < -0.3 is 0 Å². The number of aromatic nitrogens is 2. The third-order valence-corrected chi connectivity index (χ3v) is 3.58. The molecule has 20 heavy (non-hydrogen) atoms. The summed E-state index contributed by atoms with van der Waals surface area (Å²) in [5.41, 5.74) is 5.27. The number of hydrazone groups is 1. The monoisotopic (exact) mass is 334 g/mol. The normalized spacial score (nSPS) is 11.2. The summed E-state index contributed by atoms with van der Waals surface area (Å²) in [6.45, 7) is 4.31. The number of nitrogens with zero attached hydrogens (tertiary/aromatic N) is 2. The van der Waals surface area contributed by atoms with Crippen LogP contribution >= 0.6 is 15.9 Å². The van der Waals surface area contributed by atoms with E-state index < -0.39 is 0 Å². The summed E-state index contributed by atoms with van der Waals surface area (Å²) in [5, 5.41) is 10.1. The lowest BCUT2D eigenvalue weighted by molar-refractivity contribution is 0.866. The van der Waals surface area contributed by atoms with Gasteiger partial charge in [-0.05, 0) is 33.0 Å². The zero-order chi connectivity index (χ0) is 14.5. The summed E-state index contributed by atoms with van der Waals surface area (Å²) in [6, 6.07) is 8.17. The standard InChI is InChI=1S/C14H15BrN4O/c1-9(2)11-5-3-10(4-6-11)7-16-18-12-8-17-19-14(20)13(12)15/h3-9H,1-2H3,(H2,18,19,20)/b16-7-. The molecule has 1 heterocycles. The van der Waals surface area contributed by atoms with E-state index in [9.17, 15) is 4.79 Å². The molecule has 1 aromatic heterocycles. The van der Waals surface area contributed by atoms with E-state index in [1.165, 1.54) is 11.8 Å². The molecule has 0 aliphatic carbocycles. The van der Waals surface area contributed by atoms with Gasteiger partial charge in [-0.3, -0.25) is 10.2 Å². The number of benzene rings is 1. The van der Waals surface area contributed by atoms with Crippen molar-refractivity contribution in [2.24, 2.45) is 5.10 Å². The number of H-pyrrole nitrogens is 1. The summed E-state index contributed by atoms with van der Waals surface area (Å²) >= 11 is 3.17. The summed E-state index contributed by atoms with van der Waals surface area (Å²) in [6.07, 6.45) is 3.18. The van der Waals surface area contributed by atoms with Crippen molar-refractivity contribution in [2.75, 3.05) is 5.43 Å². The Morgan fingerprint density at radius 3 is 2.70 bits per heavy atom. The van der Waals surface area contributed by atoms with E-state index in [4.69, 9.17) is 0 Å². The average molecular weight is 335 g/mol. The van der Waals surface area contributed by atoms with Crippen molar-refractivity contribution in [3.05, 3.63) is 56.4 Å². The Morgan fingerprint density at radius 1 is 1.35 bits per heavy atom. The van der Waals surface area contributed by atoms with Crippen molar-refractivity contribution in [2.45, 2.75) is 19.8 Å². The molecule has 0 amide bonds. The van der Waals surface area contributed by atoms with Gasteiger partial charge in [0.15, 0.2) is 0 Å². The molecule has 0 saturated carbocycles. The number of anilines is 1. The highest BCUT2D eigenvalue weighted by Gasteiger charge is 2.02. The fourth-order valence-corrected chi connectivity index (χ4v) is 1.88. The maximum atomic E-state index is 11.3. The topological polar surface area (TPSA) is 70.1 Å². The lowest BCUT2D eigenvalue weighted by Crippen LogP contribution is -2.10. The molecule has 0 aliphatic rings. The molecule has 5 nitrogen and oxygen atoms in total. The zero-order valence-electron chi connectivity index (χ0n) is 11.2. The molecule has 0 fully saturated rings. The molecule has 2 N–H and O–H groups in total. The molecule has 0 saturated heterocycles. The van der Waals surface area contributed by atoms with Crippen LogP contribution in [0.15, 0.2) is 44.8 Å². The molecule has 0 radical (unpaired) electrons. The van der Waals surface area contributed by atoms with E-state index in [-0.39, 0.29) is 5.56 Å². The van der Waals surface area contributed by atoms with Crippen molar-refractivity contribution >= 4 is 27.8 Å². The van der Waals surface area contributed by atoms with Gasteiger partial charge in [0.1, 0.15) is 4.47 Å². The molecule has 0 bridgehead atoms. The Labute approximate surface area is 125 Å². The van der Waals surface area contributed by atoms with Gasteiger partial charge in [0, 0.05) is 0 Å². The fraction of sp³-hybridized carbons (Fsp3) is 0.214. The van der Waals surface area contributed by atoms with Crippen molar-refractivity contribution < 1.29 is 0 Å². The Balaban J connectivity index is 2.06. The second-order valence-electron chi connectivity index (χ2n) is 4.62. The first-order valence-electron chi connectivity index (χ1n) is 6.20. The molecule has 0 aliphatic heterocycles. The van der Waals surface area contributed by atoms with Gasteiger partial charge in [-0.25, -0.2) is 5.10 Å². The predicted molar refractivity (Wildman–Crippen MR) is 84.3 cm³/mol. The van der Waals surface area contributed by atoms with Gasteiger partial charge in [0.2, 0.25) is 0 Å². The third kappa shape index (κ3) is 3.54. The van der Waals surface area contributed by atoms with E-state index in [1.807, 2.05) is 12.1 Å². The van der Waals surface area contributed by atoms with E-state index >= 15 is 0 Å². The second-order valence-corrected chi connectivity index (χ2v) is 5.41. The quantitative estimate of drug-likeness (QED) is 0.666. The highest BCUT2D eigenvalue weighted by Crippen LogP contribution is 2.16. The Hall–Kier alpha value is -1.95. The first-order chi connectivity index (χ1) is 9.58. The molecular weight excluding hydrogens is 320 g/mol. The second kappa shape index (κ2) is 6.47. The number of rotatable bonds is 4. The number of hydrogen-bond donors (Lipinski definition) is 2. The van der Waals surface area contributed by atoms with Gasteiger partial charge >= 0.3 is 0 Å². The zero-order valence-corrected chi connectivity index (χ0v) is 12.8. The molecule has 0 unspecified atom stereocenters. The molecule has 6 heteroatoms. The van der Waals surface area contributed by atoms with E-state index in [2.05, 4.69) is 62.6 Å². The number of halogens is 1. The summed E-state index contributed by atoms with van der Waals surface area (Å²) < 4.78 is 0.375. The smallest absolute Gasteiger partial charge is 0.275 e. The van der Waals surface area contributed by atoms with Crippen LogP contribution in [0.5, 0.6) is 0 Å². The van der Waals surface area contributed by atoms with Gasteiger partial charge in [-0.2, -0.15) is 10.2 Å². The number of hydrogen-bond acceptors (Lipinski definition) is 4. The van der Waals surface area contributed by atoms with Crippen LogP contribution in [0.1, 0.15) is 30.9 Å². The summed E-state index contributed by atoms with van der Waals surface area (Å²) in [7, 11) is 0. The van der Waals surface area contributed by atoms with Crippen LogP contribution in [0.2, 0.25) is 0 Å². The molecule has 2 rings (SSSR count). The molecule has 104 valence electrons. The van der Waals surface area contributed by atoms with Crippen LogP contribution in [0.4, 0.5) is 5.69 Å². The average Bonchev–Trinajstić information content (AvgIpc) is 2.44. The molecule has 0 spiro atoms. The van der Waals surface area contributed by atoms with Crippen molar-refractivity contribution in [3.63, 3.8) is 0 Å². The fourth-order valence-electron chi connectivity index (χ4n) is 1.60. The SMILES string of the molecule is CC(C)c1ccc(/C=N\Nc2cn[nH]c(=O)c2Br)cc1. The molecular formula is C14H15BrN4O. The van der Waals surface area contributed by atoms with Crippen LogP contribution in [0, 0.1) is 0 Å². The molecule has 0 atom stereocenters. The highest BCUT2D eigenvalue weighted by molar-refractivity contribution is 9.10. The van der Waals surface area contributed by atoms with Crippen molar-refractivity contribution in [1.82, 2.24) is 10.2 Å². The van der Waals surface area contributed by atoms with Gasteiger partial charge in [0.25, 0.3) is 5.56 Å². The maximum absolute atomic E-state index is 11.3. The Bertz CT molecular complexity index is 662. The number of aromatic amines is 1. The van der Waals surface area contributed by atoms with Gasteiger partial charge in [0.05, 0.1) is 18.1 Å². The molecule has 1 aromatic carbocycles. The van der Waals surface area contributed by atoms with E-state index in [1.54, 1.807) is 6.21 Å². The maximum Gasteiger partial charge on any atom is 0.280 e. The summed E-state index contributed by atoms with van der Waals surface area (Å²) in [5.74, 6) is 0.511. The van der Waals surface area contributed by atoms with Crippen LogP contribution in [-0.4, -0.2) is 16.4 Å². The van der Waals surface area contributed by atoms with Crippen molar-refractivity contribution in [3.8, 4) is 0 Å². The van der Waals surface area contributed by atoms with Crippen LogP contribution in [0.3, 0.4) is 0 Å².